The topological polar surface area (TPSA) is 46.3 Å². The highest BCUT2D eigenvalue weighted by Gasteiger charge is 2.31. The first-order chi connectivity index (χ1) is 9.33. The standard InChI is InChI=1S/C16H30N2O/c17-12-7-13-18(15-10-5-6-11-15)16(19)14-8-3-1-2-4-9-14/h14-15H,1-13,17H2. The smallest absolute Gasteiger partial charge is 0.225 e. The van der Waals surface area contributed by atoms with Gasteiger partial charge in [-0.3, -0.25) is 4.79 Å². The molecule has 0 aliphatic heterocycles. The van der Waals surface area contributed by atoms with Crippen LogP contribution in [-0.2, 0) is 4.79 Å². The minimum Gasteiger partial charge on any atom is -0.339 e. The molecule has 110 valence electrons. The zero-order valence-electron chi connectivity index (χ0n) is 12.3. The van der Waals surface area contributed by atoms with Crippen LogP contribution in [0.1, 0.15) is 70.6 Å². The fourth-order valence-corrected chi connectivity index (χ4v) is 3.71. The van der Waals surface area contributed by atoms with Crippen molar-refractivity contribution in [1.82, 2.24) is 4.90 Å². The molecule has 0 spiro atoms. The predicted octanol–water partition coefficient (Wildman–Crippen LogP) is 3.08. The number of hydrogen-bond acceptors (Lipinski definition) is 2. The van der Waals surface area contributed by atoms with Crippen LogP contribution in [-0.4, -0.2) is 29.9 Å². The van der Waals surface area contributed by atoms with E-state index in [9.17, 15) is 4.79 Å². The van der Waals surface area contributed by atoms with Gasteiger partial charge in [-0.1, -0.05) is 38.5 Å². The Balaban J connectivity index is 1.96. The van der Waals surface area contributed by atoms with E-state index in [4.69, 9.17) is 5.73 Å². The Labute approximate surface area is 117 Å². The maximum absolute atomic E-state index is 12.8. The second kappa shape index (κ2) is 7.88. The van der Waals surface area contributed by atoms with Crippen molar-refractivity contribution in [2.75, 3.05) is 13.1 Å². The lowest BCUT2D eigenvalue weighted by Gasteiger charge is -2.32. The Morgan fingerprint density at radius 3 is 2.11 bits per heavy atom. The SMILES string of the molecule is NCCCN(C(=O)C1CCCCCC1)C1CCCC1. The molecule has 2 N–H and O–H groups in total. The molecule has 2 saturated carbocycles. The summed E-state index contributed by atoms with van der Waals surface area (Å²) in [7, 11) is 0. The van der Waals surface area contributed by atoms with E-state index in [0.29, 0.717) is 24.4 Å². The van der Waals surface area contributed by atoms with Gasteiger partial charge in [-0.15, -0.1) is 0 Å². The van der Waals surface area contributed by atoms with E-state index >= 15 is 0 Å². The Kier molecular flexibility index (Phi) is 6.15. The lowest BCUT2D eigenvalue weighted by molar-refractivity contribution is -0.138. The molecule has 2 rings (SSSR count). The Morgan fingerprint density at radius 2 is 1.53 bits per heavy atom. The number of carbonyl (C=O) groups is 1. The summed E-state index contributed by atoms with van der Waals surface area (Å²) >= 11 is 0. The van der Waals surface area contributed by atoms with Gasteiger partial charge in [0.1, 0.15) is 0 Å². The van der Waals surface area contributed by atoms with Gasteiger partial charge in [0.2, 0.25) is 5.91 Å². The molecule has 3 heteroatoms. The summed E-state index contributed by atoms with van der Waals surface area (Å²) in [6.07, 6.45) is 13.3. The van der Waals surface area contributed by atoms with Crippen LogP contribution in [0.3, 0.4) is 0 Å². The van der Waals surface area contributed by atoms with E-state index < -0.39 is 0 Å². The highest BCUT2D eigenvalue weighted by Crippen LogP contribution is 2.29. The normalized spacial score (nSPS) is 22.4. The first kappa shape index (κ1) is 14.8. The largest absolute Gasteiger partial charge is 0.339 e. The first-order valence-electron chi connectivity index (χ1n) is 8.33. The molecule has 3 nitrogen and oxygen atoms in total. The molecule has 0 aromatic heterocycles. The van der Waals surface area contributed by atoms with Crippen LogP contribution in [0.5, 0.6) is 0 Å². The van der Waals surface area contributed by atoms with Crippen molar-refractivity contribution in [2.24, 2.45) is 11.7 Å². The lowest BCUT2D eigenvalue weighted by atomic mass is 9.97. The molecule has 0 bridgehead atoms. The lowest BCUT2D eigenvalue weighted by Crippen LogP contribution is -2.43. The molecule has 0 aromatic rings. The van der Waals surface area contributed by atoms with Crippen molar-refractivity contribution in [3.05, 3.63) is 0 Å². The van der Waals surface area contributed by atoms with Gasteiger partial charge in [0.15, 0.2) is 0 Å². The van der Waals surface area contributed by atoms with Crippen molar-refractivity contribution in [1.29, 1.82) is 0 Å². The van der Waals surface area contributed by atoms with Gasteiger partial charge < -0.3 is 10.6 Å². The Morgan fingerprint density at radius 1 is 0.947 bits per heavy atom. The zero-order chi connectivity index (χ0) is 13.5. The first-order valence-corrected chi connectivity index (χ1v) is 8.33. The van der Waals surface area contributed by atoms with Crippen LogP contribution in [0.4, 0.5) is 0 Å². The molecule has 0 aromatic carbocycles. The highest BCUT2D eigenvalue weighted by atomic mass is 16.2. The molecule has 2 fully saturated rings. The van der Waals surface area contributed by atoms with Gasteiger partial charge in [0, 0.05) is 18.5 Å². The summed E-state index contributed by atoms with van der Waals surface area (Å²) in [5.74, 6) is 0.753. The van der Waals surface area contributed by atoms with Gasteiger partial charge in [0.25, 0.3) is 0 Å². The molecular weight excluding hydrogens is 236 g/mol. The van der Waals surface area contributed by atoms with E-state index in [1.54, 1.807) is 0 Å². The molecule has 0 heterocycles. The molecule has 2 aliphatic rings. The third-order valence-electron chi connectivity index (χ3n) is 4.86. The van der Waals surface area contributed by atoms with E-state index in [-0.39, 0.29) is 0 Å². The minimum absolute atomic E-state index is 0.306. The predicted molar refractivity (Wildman–Crippen MR) is 78.8 cm³/mol. The third kappa shape index (κ3) is 4.20. The second-order valence-corrected chi connectivity index (χ2v) is 6.30. The molecule has 0 atom stereocenters. The molecule has 2 aliphatic carbocycles. The van der Waals surface area contributed by atoms with Crippen molar-refractivity contribution in [2.45, 2.75) is 76.7 Å². The fraction of sp³-hybridized carbons (Fsp3) is 0.938. The molecule has 0 saturated heterocycles. The van der Waals surface area contributed by atoms with Crippen LogP contribution in [0, 0.1) is 5.92 Å². The monoisotopic (exact) mass is 266 g/mol. The summed E-state index contributed by atoms with van der Waals surface area (Å²) in [5.41, 5.74) is 5.64. The maximum atomic E-state index is 12.8. The molecule has 0 radical (unpaired) electrons. The zero-order valence-corrected chi connectivity index (χ0v) is 12.3. The minimum atomic E-state index is 0.306. The molecule has 19 heavy (non-hydrogen) atoms. The highest BCUT2D eigenvalue weighted by molar-refractivity contribution is 5.79. The van der Waals surface area contributed by atoms with E-state index in [2.05, 4.69) is 4.90 Å². The molecule has 1 amide bonds. The summed E-state index contributed by atoms with van der Waals surface area (Å²) in [5, 5.41) is 0. The summed E-state index contributed by atoms with van der Waals surface area (Å²) in [6.45, 7) is 1.58. The number of carbonyl (C=O) groups excluding carboxylic acids is 1. The Bertz CT molecular complexity index is 266. The van der Waals surface area contributed by atoms with Crippen LogP contribution in [0.15, 0.2) is 0 Å². The van der Waals surface area contributed by atoms with Crippen molar-refractivity contribution < 1.29 is 4.79 Å². The summed E-state index contributed by atoms with van der Waals surface area (Å²) in [6, 6.07) is 0.516. The summed E-state index contributed by atoms with van der Waals surface area (Å²) < 4.78 is 0. The number of nitrogens with zero attached hydrogens (tertiary/aromatic N) is 1. The maximum Gasteiger partial charge on any atom is 0.225 e. The van der Waals surface area contributed by atoms with Gasteiger partial charge in [-0.05, 0) is 38.6 Å². The fourth-order valence-electron chi connectivity index (χ4n) is 3.71. The van der Waals surface area contributed by atoms with Crippen molar-refractivity contribution in [3.63, 3.8) is 0 Å². The van der Waals surface area contributed by atoms with Gasteiger partial charge >= 0.3 is 0 Å². The number of nitrogens with two attached hydrogens (primary N) is 1. The van der Waals surface area contributed by atoms with Gasteiger partial charge in [-0.25, -0.2) is 0 Å². The van der Waals surface area contributed by atoms with Gasteiger partial charge in [-0.2, -0.15) is 0 Å². The van der Waals surface area contributed by atoms with Crippen LogP contribution < -0.4 is 5.73 Å². The molecular formula is C16H30N2O. The Hall–Kier alpha value is -0.570. The summed E-state index contributed by atoms with van der Waals surface area (Å²) in [4.78, 5) is 15.0. The van der Waals surface area contributed by atoms with Crippen LogP contribution in [0.25, 0.3) is 0 Å². The molecule has 0 unspecified atom stereocenters. The van der Waals surface area contributed by atoms with E-state index in [1.807, 2.05) is 0 Å². The number of rotatable bonds is 5. The van der Waals surface area contributed by atoms with Crippen LogP contribution in [0.2, 0.25) is 0 Å². The average Bonchev–Trinajstić information content (AvgIpc) is 2.81. The van der Waals surface area contributed by atoms with Crippen molar-refractivity contribution >= 4 is 5.91 Å². The number of amides is 1. The third-order valence-corrected chi connectivity index (χ3v) is 4.86. The quantitative estimate of drug-likeness (QED) is 0.777. The van der Waals surface area contributed by atoms with E-state index in [0.717, 1.165) is 25.8 Å². The van der Waals surface area contributed by atoms with Gasteiger partial charge in [0.05, 0.1) is 0 Å². The second-order valence-electron chi connectivity index (χ2n) is 6.30. The average molecular weight is 266 g/mol. The van der Waals surface area contributed by atoms with Crippen LogP contribution >= 0.6 is 0 Å². The van der Waals surface area contributed by atoms with Crippen molar-refractivity contribution in [3.8, 4) is 0 Å². The number of hydrogen-bond donors (Lipinski definition) is 1. The van der Waals surface area contributed by atoms with E-state index in [1.165, 1.54) is 51.4 Å².